The second-order valence-corrected chi connectivity index (χ2v) is 5.38. The molecule has 128 valence electrons. The minimum absolute atomic E-state index is 0.0577. The molecule has 3 rings (SSSR count). The number of hydrogen-bond acceptors (Lipinski definition) is 3. The standard InChI is InChI=1S/C19H11F2N3O2/c20-13-3-1-11(2-4-13)16-8-6-15(18(25)23-16)19(26)24-17-7-5-14(21)9-12(17)10-22/h1-9H,(H,23,25)(H,24,26). The summed E-state index contributed by atoms with van der Waals surface area (Å²) in [5, 5.41) is 11.4. The van der Waals surface area contributed by atoms with Crippen LogP contribution in [0.2, 0.25) is 0 Å². The molecule has 0 unspecified atom stereocenters. The Balaban J connectivity index is 1.88. The molecule has 0 spiro atoms. The van der Waals surface area contributed by atoms with E-state index in [1.165, 1.54) is 42.5 Å². The quantitative estimate of drug-likeness (QED) is 0.758. The predicted molar refractivity (Wildman–Crippen MR) is 91.5 cm³/mol. The molecule has 0 aliphatic heterocycles. The van der Waals surface area contributed by atoms with Gasteiger partial charge in [0.1, 0.15) is 23.3 Å². The predicted octanol–water partition coefficient (Wildman–Crippen LogP) is 3.44. The minimum atomic E-state index is -0.736. The van der Waals surface area contributed by atoms with Crippen molar-refractivity contribution in [1.82, 2.24) is 4.98 Å². The molecule has 0 atom stereocenters. The number of pyridine rings is 1. The van der Waals surface area contributed by atoms with Crippen molar-refractivity contribution in [2.24, 2.45) is 0 Å². The van der Waals surface area contributed by atoms with Crippen molar-refractivity contribution in [3.63, 3.8) is 0 Å². The molecule has 7 heteroatoms. The van der Waals surface area contributed by atoms with Crippen LogP contribution in [0.4, 0.5) is 14.5 Å². The molecule has 1 amide bonds. The first-order valence-corrected chi connectivity index (χ1v) is 7.48. The average molecular weight is 351 g/mol. The smallest absolute Gasteiger partial charge is 0.261 e. The zero-order chi connectivity index (χ0) is 18.7. The number of anilines is 1. The minimum Gasteiger partial charge on any atom is -0.321 e. The highest BCUT2D eigenvalue weighted by molar-refractivity contribution is 6.04. The van der Waals surface area contributed by atoms with Crippen molar-refractivity contribution in [2.45, 2.75) is 0 Å². The summed E-state index contributed by atoms with van der Waals surface area (Å²) in [6.45, 7) is 0. The van der Waals surface area contributed by atoms with E-state index >= 15 is 0 Å². The number of nitrogens with one attached hydrogen (secondary N) is 2. The number of nitrogens with zero attached hydrogens (tertiary/aromatic N) is 1. The fourth-order valence-corrected chi connectivity index (χ4v) is 2.36. The van der Waals surface area contributed by atoms with Crippen molar-refractivity contribution >= 4 is 11.6 Å². The Bertz CT molecular complexity index is 1080. The van der Waals surface area contributed by atoms with Gasteiger partial charge in [-0.1, -0.05) is 0 Å². The molecule has 0 radical (unpaired) electrons. The third kappa shape index (κ3) is 3.49. The van der Waals surface area contributed by atoms with E-state index in [0.717, 1.165) is 12.1 Å². The maximum absolute atomic E-state index is 13.1. The molecule has 0 aliphatic carbocycles. The van der Waals surface area contributed by atoms with Crippen molar-refractivity contribution in [3.05, 3.63) is 87.7 Å². The SMILES string of the molecule is N#Cc1cc(F)ccc1NC(=O)c1ccc(-c2ccc(F)cc2)[nH]c1=O. The Morgan fingerprint density at radius 1 is 1.00 bits per heavy atom. The van der Waals surface area contributed by atoms with Gasteiger partial charge in [0.05, 0.1) is 11.3 Å². The van der Waals surface area contributed by atoms with Crippen LogP contribution in [-0.2, 0) is 0 Å². The van der Waals surface area contributed by atoms with Crippen LogP contribution in [0.1, 0.15) is 15.9 Å². The van der Waals surface area contributed by atoms with E-state index < -0.39 is 23.1 Å². The summed E-state index contributed by atoms with van der Waals surface area (Å²) in [5.74, 6) is -1.75. The molecule has 0 aliphatic rings. The zero-order valence-corrected chi connectivity index (χ0v) is 13.2. The van der Waals surface area contributed by atoms with E-state index in [0.29, 0.717) is 11.3 Å². The molecule has 0 saturated heterocycles. The highest BCUT2D eigenvalue weighted by atomic mass is 19.1. The second kappa shape index (κ2) is 6.99. The normalized spacial score (nSPS) is 10.2. The summed E-state index contributed by atoms with van der Waals surface area (Å²) in [7, 11) is 0. The number of H-pyrrole nitrogens is 1. The summed E-state index contributed by atoms with van der Waals surface area (Å²) in [4.78, 5) is 27.1. The largest absolute Gasteiger partial charge is 0.321 e. The van der Waals surface area contributed by atoms with Gasteiger partial charge >= 0.3 is 0 Å². The van der Waals surface area contributed by atoms with Crippen molar-refractivity contribution in [1.29, 1.82) is 5.26 Å². The van der Waals surface area contributed by atoms with Gasteiger partial charge in [0.25, 0.3) is 11.5 Å². The lowest BCUT2D eigenvalue weighted by molar-refractivity contribution is 0.102. The number of hydrogen-bond donors (Lipinski definition) is 2. The summed E-state index contributed by atoms with van der Waals surface area (Å²) in [5.41, 5.74) is 0.222. The molecule has 2 aromatic carbocycles. The molecule has 0 fully saturated rings. The van der Waals surface area contributed by atoms with Crippen LogP contribution in [0.3, 0.4) is 0 Å². The maximum atomic E-state index is 13.1. The van der Waals surface area contributed by atoms with Gasteiger partial charge in [-0.15, -0.1) is 0 Å². The Hall–Kier alpha value is -3.79. The molecule has 1 heterocycles. The molecule has 2 N–H and O–H groups in total. The Kier molecular flexibility index (Phi) is 4.58. The summed E-state index contributed by atoms with van der Waals surface area (Å²) in [6, 6.07) is 13.4. The summed E-state index contributed by atoms with van der Waals surface area (Å²) < 4.78 is 26.1. The van der Waals surface area contributed by atoms with Crippen LogP contribution < -0.4 is 10.9 Å². The Morgan fingerprint density at radius 2 is 1.69 bits per heavy atom. The molecule has 0 bridgehead atoms. The Morgan fingerprint density at radius 3 is 2.35 bits per heavy atom. The molecule has 1 aromatic heterocycles. The van der Waals surface area contributed by atoms with Gasteiger partial charge < -0.3 is 10.3 Å². The fourth-order valence-electron chi connectivity index (χ4n) is 2.36. The lowest BCUT2D eigenvalue weighted by Gasteiger charge is -2.08. The van der Waals surface area contributed by atoms with Gasteiger partial charge in [-0.05, 0) is 60.2 Å². The number of halogens is 2. The monoisotopic (exact) mass is 351 g/mol. The number of carbonyl (C=O) groups is 1. The molecule has 26 heavy (non-hydrogen) atoms. The van der Waals surface area contributed by atoms with E-state index in [1.54, 1.807) is 6.07 Å². The third-order valence-electron chi connectivity index (χ3n) is 3.66. The van der Waals surface area contributed by atoms with Gasteiger partial charge in [0.2, 0.25) is 0 Å². The van der Waals surface area contributed by atoms with E-state index in [2.05, 4.69) is 10.3 Å². The van der Waals surface area contributed by atoms with Crippen LogP contribution in [0, 0.1) is 23.0 Å². The molecule has 0 saturated carbocycles. The molecule has 5 nitrogen and oxygen atoms in total. The lowest BCUT2D eigenvalue weighted by atomic mass is 10.1. The number of aromatic amines is 1. The zero-order valence-electron chi connectivity index (χ0n) is 13.2. The van der Waals surface area contributed by atoms with Crippen LogP contribution in [0.25, 0.3) is 11.3 Å². The van der Waals surface area contributed by atoms with Gasteiger partial charge in [0.15, 0.2) is 0 Å². The van der Waals surface area contributed by atoms with Crippen LogP contribution in [-0.4, -0.2) is 10.9 Å². The first-order chi connectivity index (χ1) is 12.5. The van der Waals surface area contributed by atoms with E-state index in [9.17, 15) is 18.4 Å². The number of carbonyl (C=O) groups excluding carboxylic acids is 1. The van der Waals surface area contributed by atoms with Crippen molar-refractivity contribution in [2.75, 3.05) is 5.32 Å². The van der Waals surface area contributed by atoms with Gasteiger partial charge in [-0.25, -0.2) is 8.78 Å². The number of aromatic nitrogens is 1. The average Bonchev–Trinajstić information content (AvgIpc) is 2.63. The number of benzene rings is 2. The maximum Gasteiger partial charge on any atom is 0.261 e. The number of rotatable bonds is 3. The van der Waals surface area contributed by atoms with E-state index in [-0.39, 0.29) is 16.8 Å². The molecule has 3 aromatic rings. The number of nitriles is 1. The summed E-state index contributed by atoms with van der Waals surface area (Å²) in [6.07, 6.45) is 0. The molecular formula is C19H11F2N3O2. The fraction of sp³-hybridized carbons (Fsp3) is 0. The van der Waals surface area contributed by atoms with Crippen molar-refractivity contribution in [3.8, 4) is 17.3 Å². The number of amides is 1. The van der Waals surface area contributed by atoms with Crippen LogP contribution in [0.15, 0.2) is 59.4 Å². The van der Waals surface area contributed by atoms with Crippen LogP contribution in [0.5, 0.6) is 0 Å². The van der Waals surface area contributed by atoms with Gasteiger partial charge in [-0.2, -0.15) is 5.26 Å². The van der Waals surface area contributed by atoms with Gasteiger partial charge in [0, 0.05) is 5.69 Å². The second-order valence-electron chi connectivity index (χ2n) is 5.38. The topological polar surface area (TPSA) is 85.8 Å². The summed E-state index contributed by atoms with van der Waals surface area (Å²) >= 11 is 0. The van der Waals surface area contributed by atoms with Gasteiger partial charge in [-0.3, -0.25) is 9.59 Å². The first kappa shape index (κ1) is 17.0. The lowest BCUT2D eigenvalue weighted by Crippen LogP contribution is -2.23. The van der Waals surface area contributed by atoms with Crippen molar-refractivity contribution < 1.29 is 13.6 Å². The Labute approximate surface area is 146 Å². The highest BCUT2D eigenvalue weighted by Gasteiger charge is 2.14. The molecular weight excluding hydrogens is 340 g/mol. The third-order valence-corrected chi connectivity index (χ3v) is 3.66. The van der Waals surface area contributed by atoms with E-state index in [1.807, 2.05) is 0 Å². The first-order valence-electron chi connectivity index (χ1n) is 7.48. The van der Waals surface area contributed by atoms with Crippen LogP contribution >= 0.6 is 0 Å². The highest BCUT2D eigenvalue weighted by Crippen LogP contribution is 2.18. The van der Waals surface area contributed by atoms with E-state index in [4.69, 9.17) is 5.26 Å².